The number of anilines is 1. The average Bonchev–Trinajstić information content (AvgIpc) is 2.75. The molecule has 2 heterocycles. The van der Waals surface area contributed by atoms with Crippen LogP contribution in [0.4, 0.5) is 5.69 Å². The van der Waals surface area contributed by atoms with Gasteiger partial charge in [-0.05, 0) is 27.2 Å². The van der Waals surface area contributed by atoms with Crippen LogP contribution in [0.15, 0.2) is 0 Å². The van der Waals surface area contributed by atoms with Gasteiger partial charge in [0.05, 0.1) is 35.3 Å². The summed E-state index contributed by atoms with van der Waals surface area (Å²) in [5.41, 5.74) is 7.63. The average molecular weight is 268 g/mol. The molecule has 1 aliphatic heterocycles. The van der Waals surface area contributed by atoms with E-state index < -0.39 is 11.7 Å². The second-order valence-corrected chi connectivity index (χ2v) is 5.90. The Labute approximate surface area is 113 Å². The van der Waals surface area contributed by atoms with Crippen molar-refractivity contribution < 1.29 is 10.2 Å². The van der Waals surface area contributed by atoms with Gasteiger partial charge in [-0.3, -0.25) is 9.58 Å². The number of aryl methyl sites for hydroxylation is 1. The highest BCUT2D eigenvalue weighted by Gasteiger charge is 2.32. The second kappa shape index (κ2) is 5.11. The molecular formula is C13H24N4O2. The number of β-amino-alcohol motifs (C(OH)–C–C–N with tert-alkyl or cyclic N) is 2. The summed E-state index contributed by atoms with van der Waals surface area (Å²) in [4.78, 5) is 2.08. The molecule has 0 aliphatic carbocycles. The van der Waals surface area contributed by atoms with Crippen molar-refractivity contribution in [3.8, 4) is 0 Å². The predicted octanol–water partition coefficient (Wildman–Crippen LogP) is -0.100. The number of aliphatic hydroxyl groups is 2. The van der Waals surface area contributed by atoms with E-state index >= 15 is 0 Å². The molecule has 2 atom stereocenters. The third kappa shape index (κ3) is 3.26. The van der Waals surface area contributed by atoms with Crippen molar-refractivity contribution in [2.24, 2.45) is 0 Å². The Morgan fingerprint density at radius 2 is 2.11 bits per heavy atom. The molecule has 6 heteroatoms. The van der Waals surface area contributed by atoms with Crippen molar-refractivity contribution >= 4 is 5.69 Å². The Kier molecular flexibility index (Phi) is 3.85. The van der Waals surface area contributed by atoms with Gasteiger partial charge in [0.15, 0.2) is 0 Å². The molecule has 6 nitrogen and oxygen atoms in total. The van der Waals surface area contributed by atoms with Crippen molar-refractivity contribution in [1.29, 1.82) is 0 Å². The lowest BCUT2D eigenvalue weighted by molar-refractivity contribution is 0.0547. The summed E-state index contributed by atoms with van der Waals surface area (Å²) in [7, 11) is 0. The van der Waals surface area contributed by atoms with Crippen LogP contribution in [0.1, 0.15) is 24.7 Å². The van der Waals surface area contributed by atoms with Gasteiger partial charge in [0.25, 0.3) is 0 Å². The first-order valence-electron chi connectivity index (χ1n) is 6.71. The molecule has 0 aromatic carbocycles. The fraction of sp³-hybridized carbons (Fsp3) is 0.769. The monoisotopic (exact) mass is 268 g/mol. The van der Waals surface area contributed by atoms with Crippen molar-refractivity contribution in [3.63, 3.8) is 0 Å². The van der Waals surface area contributed by atoms with Crippen LogP contribution in [0, 0.1) is 13.8 Å². The Bertz CT molecular complexity index is 456. The predicted molar refractivity (Wildman–Crippen MR) is 73.8 cm³/mol. The Hall–Kier alpha value is -1.11. The molecule has 1 saturated heterocycles. The zero-order valence-electron chi connectivity index (χ0n) is 11.9. The van der Waals surface area contributed by atoms with E-state index in [4.69, 9.17) is 5.73 Å². The summed E-state index contributed by atoms with van der Waals surface area (Å²) in [6.45, 7) is 8.02. The van der Waals surface area contributed by atoms with Gasteiger partial charge in [0, 0.05) is 19.6 Å². The maximum absolute atomic E-state index is 10.1. The van der Waals surface area contributed by atoms with E-state index in [-0.39, 0.29) is 0 Å². The minimum Gasteiger partial charge on any atom is -0.396 e. The van der Waals surface area contributed by atoms with E-state index in [1.807, 2.05) is 20.8 Å². The number of rotatable bonds is 4. The van der Waals surface area contributed by atoms with E-state index in [2.05, 4.69) is 10.00 Å². The molecule has 19 heavy (non-hydrogen) atoms. The first-order chi connectivity index (χ1) is 8.78. The molecule has 0 radical (unpaired) electrons. The number of nitrogens with two attached hydrogens (primary N) is 1. The van der Waals surface area contributed by atoms with Crippen LogP contribution in [-0.4, -0.2) is 56.2 Å². The number of aromatic nitrogens is 2. The third-order valence-corrected chi connectivity index (χ3v) is 3.82. The number of hydrogen-bond acceptors (Lipinski definition) is 5. The number of aliphatic hydroxyl groups excluding tert-OH is 1. The molecule has 0 spiro atoms. The lowest BCUT2D eigenvalue weighted by Gasteiger charge is -2.22. The maximum atomic E-state index is 10.1. The van der Waals surface area contributed by atoms with Crippen LogP contribution in [0.5, 0.6) is 0 Å². The lowest BCUT2D eigenvalue weighted by atomic mass is 10.1. The van der Waals surface area contributed by atoms with E-state index in [9.17, 15) is 10.2 Å². The van der Waals surface area contributed by atoms with Crippen LogP contribution >= 0.6 is 0 Å². The largest absolute Gasteiger partial charge is 0.396 e. The molecule has 2 unspecified atom stereocenters. The highest BCUT2D eigenvalue weighted by atomic mass is 16.3. The zero-order chi connectivity index (χ0) is 14.2. The van der Waals surface area contributed by atoms with Crippen LogP contribution < -0.4 is 5.73 Å². The van der Waals surface area contributed by atoms with E-state index in [0.29, 0.717) is 25.3 Å². The quantitative estimate of drug-likeness (QED) is 0.710. The molecule has 1 fully saturated rings. The normalized spacial score (nSPS) is 25.9. The van der Waals surface area contributed by atoms with Gasteiger partial charge in [-0.1, -0.05) is 0 Å². The summed E-state index contributed by atoms with van der Waals surface area (Å²) in [5.74, 6) is 0. The van der Waals surface area contributed by atoms with Gasteiger partial charge in [0.2, 0.25) is 0 Å². The molecule has 0 bridgehead atoms. The number of nitrogens with zero attached hydrogens (tertiary/aromatic N) is 3. The first kappa shape index (κ1) is 14.3. The highest BCUT2D eigenvalue weighted by Crippen LogP contribution is 2.20. The molecule has 1 aliphatic rings. The smallest absolute Gasteiger partial charge is 0.0862 e. The van der Waals surface area contributed by atoms with Gasteiger partial charge in [0.1, 0.15) is 0 Å². The summed E-state index contributed by atoms with van der Waals surface area (Å²) in [6.07, 6.45) is 0.248. The van der Waals surface area contributed by atoms with Crippen LogP contribution in [0.3, 0.4) is 0 Å². The molecule has 108 valence electrons. The van der Waals surface area contributed by atoms with E-state index in [1.54, 1.807) is 4.68 Å². The van der Waals surface area contributed by atoms with Gasteiger partial charge >= 0.3 is 0 Å². The third-order valence-electron chi connectivity index (χ3n) is 3.82. The Morgan fingerprint density at radius 1 is 1.42 bits per heavy atom. The molecule has 4 N–H and O–H groups in total. The first-order valence-corrected chi connectivity index (χ1v) is 6.71. The summed E-state index contributed by atoms with van der Waals surface area (Å²) in [6, 6.07) is 0. The summed E-state index contributed by atoms with van der Waals surface area (Å²) < 4.78 is 1.75. The molecule has 0 amide bonds. The lowest BCUT2D eigenvalue weighted by Crippen LogP contribution is -2.36. The molecule has 1 aromatic rings. The van der Waals surface area contributed by atoms with Gasteiger partial charge in [-0.25, -0.2) is 0 Å². The highest BCUT2D eigenvalue weighted by molar-refractivity contribution is 5.46. The van der Waals surface area contributed by atoms with E-state index in [0.717, 1.165) is 24.4 Å². The number of likely N-dealkylation sites (tertiary alicyclic amines) is 1. The summed E-state index contributed by atoms with van der Waals surface area (Å²) in [5, 5.41) is 24.3. The fourth-order valence-corrected chi connectivity index (χ4v) is 2.64. The fourth-order valence-electron chi connectivity index (χ4n) is 2.64. The van der Waals surface area contributed by atoms with Crippen molar-refractivity contribution in [3.05, 3.63) is 11.4 Å². The Morgan fingerprint density at radius 3 is 2.58 bits per heavy atom. The Balaban J connectivity index is 1.91. The van der Waals surface area contributed by atoms with E-state index in [1.165, 1.54) is 0 Å². The van der Waals surface area contributed by atoms with Gasteiger partial charge in [-0.2, -0.15) is 5.10 Å². The second-order valence-electron chi connectivity index (χ2n) is 5.90. The molecule has 0 saturated carbocycles. The number of nitrogen functional groups attached to an aromatic ring is 1. The van der Waals surface area contributed by atoms with Gasteiger partial charge in [-0.15, -0.1) is 0 Å². The van der Waals surface area contributed by atoms with Gasteiger partial charge < -0.3 is 15.9 Å². The number of hydrogen-bond donors (Lipinski definition) is 3. The van der Waals surface area contributed by atoms with Crippen molar-refractivity contribution in [1.82, 2.24) is 14.7 Å². The van der Waals surface area contributed by atoms with Crippen LogP contribution in [-0.2, 0) is 6.54 Å². The molecule has 1 aromatic heterocycles. The summed E-state index contributed by atoms with van der Waals surface area (Å²) >= 11 is 0. The SMILES string of the molecule is Cc1nn(CC(O)CN2CCC(C)(O)C2)c(C)c1N. The standard InChI is InChI=1S/C13H24N4O2/c1-9-12(14)10(2)17(15-9)7-11(18)6-16-5-4-13(3,19)8-16/h11,18-19H,4-8,14H2,1-3H3. The van der Waals surface area contributed by atoms with Crippen LogP contribution in [0.2, 0.25) is 0 Å². The van der Waals surface area contributed by atoms with Crippen LogP contribution in [0.25, 0.3) is 0 Å². The minimum atomic E-state index is -0.623. The van der Waals surface area contributed by atoms with Crippen molar-refractivity contribution in [2.75, 3.05) is 25.4 Å². The molecular weight excluding hydrogens is 244 g/mol. The maximum Gasteiger partial charge on any atom is 0.0862 e. The minimum absolute atomic E-state index is 0.433. The topological polar surface area (TPSA) is 87.5 Å². The zero-order valence-corrected chi connectivity index (χ0v) is 11.9. The molecule has 2 rings (SSSR count). The van der Waals surface area contributed by atoms with Crippen molar-refractivity contribution in [2.45, 2.75) is 45.4 Å².